The first-order chi connectivity index (χ1) is 19.4. The molecule has 0 radical (unpaired) electrons. The molecule has 1 unspecified atom stereocenters. The standard InChI is InChI=1S/C34H33ClFN3OS/c1-19-6-9-24(10-7-19)41-18-22-13-25(21(3)12-20(22)2)31-26(17-37)33(38)39(23-8-11-28(36)27(35)14-23)29-15-34(4,5)16-30(40)32(29)31/h6-14,31H,15-16,18,38H2,1-5H3. The van der Waals surface area contributed by atoms with Gasteiger partial charge in [-0.1, -0.05) is 55.3 Å². The fourth-order valence-electron chi connectivity index (χ4n) is 5.92. The molecule has 4 nitrogen and oxygen atoms in total. The van der Waals surface area contributed by atoms with E-state index >= 15 is 0 Å². The zero-order valence-electron chi connectivity index (χ0n) is 23.9. The lowest BCUT2D eigenvalue weighted by molar-refractivity contribution is -0.118. The zero-order valence-corrected chi connectivity index (χ0v) is 25.5. The molecule has 0 saturated carbocycles. The number of hydrogen-bond donors (Lipinski definition) is 1. The van der Waals surface area contributed by atoms with Crippen LogP contribution < -0.4 is 10.6 Å². The number of anilines is 1. The van der Waals surface area contributed by atoms with Crippen molar-refractivity contribution in [1.29, 1.82) is 5.26 Å². The highest BCUT2D eigenvalue weighted by atomic mass is 35.5. The van der Waals surface area contributed by atoms with Crippen molar-refractivity contribution in [2.75, 3.05) is 4.90 Å². The second kappa shape index (κ2) is 11.0. The third-order valence-corrected chi connectivity index (χ3v) is 9.34. The molecule has 2 N–H and O–H groups in total. The Bertz CT molecular complexity index is 1670. The Balaban J connectivity index is 1.66. The van der Waals surface area contributed by atoms with Gasteiger partial charge in [0, 0.05) is 34.0 Å². The normalized spacial score (nSPS) is 18.4. The molecule has 3 aromatic carbocycles. The molecule has 1 aliphatic heterocycles. The molecule has 5 rings (SSSR count). The molecule has 0 fully saturated rings. The number of hydrogen-bond acceptors (Lipinski definition) is 5. The molecule has 7 heteroatoms. The van der Waals surface area contributed by atoms with Gasteiger partial charge in [-0.2, -0.15) is 5.26 Å². The van der Waals surface area contributed by atoms with Gasteiger partial charge in [0.15, 0.2) is 5.78 Å². The summed E-state index contributed by atoms with van der Waals surface area (Å²) in [5.74, 6) is -0.151. The number of Topliss-reactive ketones (excluding diaryl/α,β-unsaturated/α-hetero) is 1. The highest BCUT2D eigenvalue weighted by Gasteiger charge is 2.45. The quantitative estimate of drug-likeness (QED) is 0.303. The number of allylic oxidation sites excluding steroid dienone is 3. The summed E-state index contributed by atoms with van der Waals surface area (Å²) in [6.07, 6.45) is 0.931. The van der Waals surface area contributed by atoms with Crippen molar-refractivity contribution >= 4 is 34.8 Å². The Labute approximate surface area is 250 Å². The fourth-order valence-corrected chi connectivity index (χ4v) is 7.05. The third kappa shape index (κ3) is 5.54. The number of aryl methyl sites for hydroxylation is 3. The van der Waals surface area contributed by atoms with Crippen LogP contribution >= 0.6 is 23.4 Å². The lowest BCUT2D eigenvalue weighted by Gasteiger charge is -2.44. The summed E-state index contributed by atoms with van der Waals surface area (Å²) in [5, 5.41) is 10.4. The summed E-state index contributed by atoms with van der Waals surface area (Å²) in [6.45, 7) is 10.3. The van der Waals surface area contributed by atoms with Crippen molar-refractivity contribution in [1.82, 2.24) is 0 Å². The number of carbonyl (C=O) groups excluding carboxylic acids is 1. The monoisotopic (exact) mass is 585 g/mol. The summed E-state index contributed by atoms with van der Waals surface area (Å²) in [6, 6.07) is 19.4. The predicted octanol–water partition coefficient (Wildman–Crippen LogP) is 8.64. The van der Waals surface area contributed by atoms with Crippen molar-refractivity contribution in [2.45, 2.75) is 64.0 Å². The lowest BCUT2D eigenvalue weighted by atomic mass is 9.68. The van der Waals surface area contributed by atoms with Crippen molar-refractivity contribution < 1.29 is 9.18 Å². The highest BCUT2D eigenvalue weighted by molar-refractivity contribution is 7.98. The van der Waals surface area contributed by atoms with Crippen LogP contribution in [0.4, 0.5) is 10.1 Å². The van der Waals surface area contributed by atoms with Crippen molar-refractivity contribution in [2.24, 2.45) is 11.1 Å². The average molecular weight is 586 g/mol. The maximum atomic E-state index is 14.1. The summed E-state index contributed by atoms with van der Waals surface area (Å²) in [7, 11) is 0. The Morgan fingerprint density at radius 2 is 1.78 bits per heavy atom. The van der Waals surface area contributed by atoms with E-state index in [2.05, 4.69) is 70.2 Å². The summed E-state index contributed by atoms with van der Waals surface area (Å²) < 4.78 is 14.1. The van der Waals surface area contributed by atoms with Gasteiger partial charge in [0.1, 0.15) is 11.6 Å². The van der Waals surface area contributed by atoms with Gasteiger partial charge in [-0.05, 0) is 85.2 Å². The Morgan fingerprint density at radius 1 is 1.07 bits per heavy atom. The molecule has 0 spiro atoms. The van der Waals surface area contributed by atoms with Gasteiger partial charge in [0.05, 0.1) is 22.6 Å². The van der Waals surface area contributed by atoms with Gasteiger partial charge in [-0.25, -0.2) is 4.39 Å². The maximum Gasteiger partial charge on any atom is 0.162 e. The van der Waals surface area contributed by atoms with Gasteiger partial charge >= 0.3 is 0 Å². The maximum absolute atomic E-state index is 14.1. The topological polar surface area (TPSA) is 70.1 Å². The van der Waals surface area contributed by atoms with E-state index in [9.17, 15) is 14.4 Å². The number of benzene rings is 3. The van der Waals surface area contributed by atoms with Gasteiger partial charge < -0.3 is 5.73 Å². The van der Waals surface area contributed by atoms with Crippen LogP contribution in [-0.4, -0.2) is 5.78 Å². The number of nitriles is 1. The molecule has 0 aromatic heterocycles. The van der Waals surface area contributed by atoms with E-state index < -0.39 is 11.7 Å². The van der Waals surface area contributed by atoms with E-state index in [1.165, 1.54) is 22.6 Å². The minimum absolute atomic E-state index is 0.00439. The Kier molecular flexibility index (Phi) is 7.80. The van der Waals surface area contributed by atoms with Crippen molar-refractivity contribution in [3.8, 4) is 6.07 Å². The number of halogens is 2. The molecule has 0 bridgehead atoms. The second-order valence-electron chi connectivity index (χ2n) is 11.8. The summed E-state index contributed by atoms with van der Waals surface area (Å²) in [4.78, 5) is 16.9. The van der Waals surface area contributed by atoms with Crippen LogP contribution in [0, 0.1) is 43.3 Å². The highest BCUT2D eigenvalue weighted by Crippen LogP contribution is 2.51. The van der Waals surface area contributed by atoms with Gasteiger partial charge in [0.2, 0.25) is 0 Å². The molecule has 41 heavy (non-hydrogen) atoms. The lowest BCUT2D eigenvalue weighted by Crippen LogP contribution is -2.42. The molecular formula is C34H33ClFN3OS. The molecule has 2 aliphatic rings. The van der Waals surface area contributed by atoms with Gasteiger partial charge in [-0.3, -0.25) is 9.69 Å². The SMILES string of the molecule is Cc1ccc(SCc2cc(C3C(C#N)=C(N)N(c4ccc(F)c(Cl)c4)C4=C3C(=O)CC(C)(C)C4)c(C)cc2C)cc1. The molecule has 1 aliphatic carbocycles. The van der Waals surface area contributed by atoms with Crippen LogP contribution in [0.5, 0.6) is 0 Å². The first-order valence-electron chi connectivity index (χ1n) is 13.6. The average Bonchev–Trinajstić information content (AvgIpc) is 2.90. The number of thioether (sulfide) groups is 1. The number of ketones is 1. The van der Waals surface area contributed by atoms with E-state index in [1.807, 2.05) is 6.92 Å². The number of nitrogens with two attached hydrogens (primary N) is 1. The molecule has 3 aromatic rings. The van der Waals surface area contributed by atoms with Crippen molar-refractivity contribution in [3.63, 3.8) is 0 Å². The van der Waals surface area contributed by atoms with Crippen LogP contribution in [0.2, 0.25) is 5.02 Å². The smallest absolute Gasteiger partial charge is 0.162 e. The minimum Gasteiger partial charge on any atom is -0.384 e. The van der Waals surface area contributed by atoms with Crippen molar-refractivity contribution in [3.05, 3.63) is 116 Å². The number of rotatable bonds is 5. The van der Waals surface area contributed by atoms with Crippen LogP contribution in [0.25, 0.3) is 0 Å². The van der Waals surface area contributed by atoms with Crippen LogP contribution in [-0.2, 0) is 10.5 Å². The van der Waals surface area contributed by atoms with Gasteiger partial charge in [-0.15, -0.1) is 11.8 Å². The van der Waals surface area contributed by atoms with E-state index in [-0.39, 0.29) is 22.0 Å². The molecule has 1 heterocycles. The zero-order chi connectivity index (χ0) is 29.6. The van der Waals surface area contributed by atoms with E-state index in [0.717, 1.165) is 33.7 Å². The van der Waals surface area contributed by atoms with E-state index in [1.54, 1.807) is 22.7 Å². The summed E-state index contributed by atoms with van der Waals surface area (Å²) >= 11 is 7.92. The first-order valence-corrected chi connectivity index (χ1v) is 15.0. The largest absolute Gasteiger partial charge is 0.384 e. The Morgan fingerprint density at radius 3 is 2.44 bits per heavy atom. The molecule has 0 saturated heterocycles. The predicted molar refractivity (Wildman–Crippen MR) is 165 cm³/mol. The van der Waals surface area contributed by atoms with Gasteiger partial charge in [0.25, 0.3) is 0 Å². The fraction of sp³-hybridized carbons (Fsp3) is 0.294. The third-order valence-electron chi connectivity index (χ3n) is 7.99. The molecule has 0 amide bonds. The second-order valence-corrected chi connectivity index (χ2v) is 13.3. The van der Waals surface area contributed by atoms with E-state index in [0.29, 0.717) is 29.7 Å². The number of carbonyl (C=O) groups is 1. The summed E-state index contributed by atoms with van der Waals surface area (Å²) in [5.41, 5.74) is 14.1. The number of nitrogens with zero attached hydrogens (tertiary/aromatic N) is 2. The van der Waals surface area contributed by atoms with E-state index in [4.69, 9.17) is 17.3 Å². The molecule has 210 valence electrons. The molecule has 1 atom stereocenters. The first kappa shape index (κ1) is 29.0. The minimum atomic E-state index is -0.588. The van der Waals surface area contributed by atoms with Crippen LogP contribution in [0.1, 0.15) is 60.4 Å². The molecular weight excluding hydrogens is 553 g/mol. The van der Waals surface area contributed by atoms with Crippen LogP contribution in [0.3, 0.4) is 0 Å². The Hall–Kier alpha value is -3.53. The van der Waals surface area contributed by atoms with Crippen LogP contribution in [0.15, 0.2) is 82.2 Å².